The van der Waals surface area contributed by atoms with E-state index in [4.69, 9.17) is 4.74 Å². The molecule has 0 fully saturated rings. The minimum atomic E-state index is -1.18. The molecule has 2 aromatic heterocycles. The van der Waals surface area contributed by atoms with Gasteiger partial charge >= 0.3 is 0 Å². The van der Waals surface area contributed by atoms with E-state index in [2.05, 4.69) is 20.3 Å². The van der Waals surface area contributed by atoms with Crippen LogP contribution in [0, 0.1) is 18.6 Å². The molecule has 3 aromatic rings. The molecule has 1 aromatic carbocycles. The van der Waals surface area contributed by atoms with Gasteiger partial charge in [-0.2, -0.15) is 4.39 Å². The van der Waals surface area contributed by atoms with E-state index < -0.39 is 23.3 Å². The highest BCUT2D eigenvalue weighted by Crippen LogP contribution is 2.29. The second kappa shape index (κ2) is 7.00. The molecule has 25 heavy (non-hydrogen) atoms. The largest absolute Gasteiger partial charge is 0.451 e. The number of pyridine rings is 1. The van der Waals surface area contributed by atoms with Crippen molar-refractivity contribution in [1.29, 1.82) is 0 Å². The third-order valence-electron chi connectivity index (χ3n) is 3.14. The smallest absolute Gasteiger partial charge is 0.274 e. The van der Waals surface area contributed by atoms with Gasteiger partial charge < -0.3 is 10.1 Å². The van der Waals surface area contributed by atoms with Crippen molar-refractivity contribution >= 4 is 11.6 Å². The molecule has 0 aliphatic rings. The first-order chi connectivity index (χ1) is 12.0. The first-order valence-electron chi connectivity index (χ1n) is 7.20. The zero-order valence-corrected chi connectivity index (χ0v) is 13.0. The second-order valence-electron chi connectivity index (χ2n) is 5.06. The van der Waals surface area contributed by atoms with Gasteiger partial charge in [-0.25, -0.2) is 19.3 Å². The van der Waals surface area contributed by atoms with Crippen LogP contribution in [0.3, 0.4) is 0 Å². The zero-order valence-electron chi connectivity index (χ0n) is 13.0. The number of halogens is 2. The van der Waals surface area contributed by atoms with Gasteiger partial charge in [0, 0.05) is 23.5 Å². The van der Waals surface area contributed by atoms with Crippen LogP contribution >= 0.6 is 0 Å². The van der Waals surface area contributed by atoms with Crippen LogP contribution in [-0.2, 0) is 0 Å². The lowest BCUT2D eigenvalue weighted by atomic mass is 10.2. The van der Waals surface area contributed by atoms with Crippen LogP contribution in [-0.4, -0.2) is 20.9 Å². The molecule has 0 aliphatic carbocycles. The van der Waals surface area contributed by atoms with Gasteiger partial charge in [0.1, 0.15) is 12.0 Å². The lowest BCUT2D eigenvalue weighted by molar-refractivity contribution is 0.102. The number of carbonyl (C=O) groups excluding carboxylic acids is 1. The maximum atomic E-state index is 13.9. The van der Waals surface area contributed by atoms with Gasteiger partial charge in [-0.1, -0.05) is 6.07 Å². The predicted molar refractivity (Wildman–Crippen MR) is 85.4 cm³/mol. The van der Waals surface area contributed by atoms with E-state index in [1.54, 1.807) is 19.1 Å². The van der Waals surface area contributed by atoms with Crippen molar-refractivity contribution in [3.8, 4) is 11.5 Å². The van der Waals surface area contributed by atoms with E-state index in [0.29, 0.717) is 5.69 Å². The maximum Gasteiger partial charge on any atom is 0.274 e. The van der Waals surface area contributed by atoms with E-state index in [1.807, 2.05) is 0 Å². The van der Waals surface area contributed by atoms with Crippen molar-refractivity contribution in [2.75, 3.05) is 5.32 Å². The summed E-state index contributed by atoms with van der Waals surface area (Å²) < 4.78 is 33.0. The van der Waals surface area contributed by atoms with Crippen molar-refractivity contribution in [3.05, 3.63) is 72.1 Å². The fourth-order valence-corrected chi connectivity index (χ4v) is 2.04. The summed E-state index contributed by atoms with van der Waals surface area (Å²) in [5, 5.41) is 2.46. The molecule has 0 atom stereocenters. The quantitative estimate of drug-likeness (QED) is 0.785. The van der Waals surface area contributed by atoms with E-state index in [0.717, 1.165) is 6.07 Å². The summed E-state index contributed by atoms with van der Waals surface area (Å²) in [6, 6.07) is 6.95. The number of hydrogen-bond acceptors (Lipinski definition) is 5. The van der Waals surface area contributed by atoms with Crippen molar-refractivity contribution in [3.63, 3.8) is 0 Å². The summed E-state index contributed by atoms with van der Waals surface area (Å²) >= 11 is 0. The number of hydrogen-bond donors (Lipinski definition) is 1. The highest BCUT2D eigenvalue weighted by Gasteiger charge is 2.16. The Labute approximate surface area is 141 Å². The summed E-state index contributed by atoms with van der Waals surface area (Å²) in [5.74, 6) is -3.17. The van der Waals surface area contributed by atoms with E-state index in [-0.39, 0.29) is 17.1 Å². The number of carbonyl (C=O) groups is 1. The molecular weight excluding hydrogens is 330 g/mol. The fraction of sp³-hybridized carbons (Fsp3) is 0.0588. The molecule has 1 N–H and O–H groups in total. The molecule has 0 aliphatic heterocycles. The van der Waals surface area contributed by atoms with Gasteiger partial charge in [0.05, 0.1) is 12.4 Å². The predicted octanol–water partition coefficient (Wildman–Crippen LogP) is 3.50. The van der Waals surface area contributed by atoms with Crippen LogP contribution in [0.5, 0.6) is 11.5 Å². The average Bonchev–Trinajstić information content (AvgIpc) is 2.60. The Morgan fingerprint density at radius 1 is 1.16 bits per heavy atom. The zero-order chi connectivity index (χ0) is 17.8. The SMILES string of the molecule is Cc1cccc(C(=O)Nc2cc(F)c(F)c(Oc3cncnc3)c2)n1. The van der Waals surface area contributed by atoms with Gasteiger partial charge in [0.15, 0.2) is 17.3 Å². The number of ether oxygens (including phenoxy) is 1. The molecule has 0 radical (unpaired) electrons. The second-order valence-corrected chi connectivity index (χ2v) is 5.06. The molecule has 0 saturated carbocycles. The van der Waals surface area contributed by atoms with Crippen LogP contribution in [0.25, 0.3) is 0 Å². The first-order valence-corrected chi connectivity index (χ1v) is 7.20. The third-order valence-corrected chi connectivity index (χ3v) is 3.14. The number of anilines is 1. The molecule has 6 nitrogen and oxygen atoms in total. The highest BCUT2D eigenvalue weighted by molar-refractivity contribution is 6.02. The Morgan fingerprint density at radius 3 is 2.64 bits per heavy atom. The van der Waals surface area contributed by atoms with Gasteiger partial charge in [-0.3, -0.25) is 4.79 Å². The fourth-order valence-electron chi connectivity index (χ4n) is 2.04. The Hall–Kier alpha value is -3.42. The highest BCUT2D eigenvalue weighted by atomic mass is 19.2. The minimum Gasteiger partial charge on any atom is -0.451 e. The van der Waals surface area contributed by atoms with Crippen molar-refractivity contribution in [1.82, 2.24) is 15.0 Å². The van der Waals surface area contributed by atoms with Gasteiger partial charge in [-0.15, -0.1) is 0 Å². The van der Waals surface area contributed by atoms with Crippen LogP contribution in [0.1, 0.15) is 16.2 Å². The van der Waals surface area contributed by atoms with Crippen molar-refractivity contribution < 1.29 is 18.3 Å². The minimum absolute atomic E-state index is 0.0269. The Kier molecular flexibility index (Phi) is 4.60. The molecule has 0 unspecified atom stereocenters. The number of benzene rings is 1. The summed E-state index contributed by atoms with van der Waals surface area (Å²) in [6.45, 7) is 1.74. The number of nitrogens with zero attached hydrogens (tertiary/aromatic N) is 3. The lowest BCUT2D eigenvalue weighted by Gasteiger charge is -2.10. The average molecular weight is 342 g/mol. The van der Waals surface area contributed by atoms with Crippen molar-refractivity contribution in [2.24, 2.45) is 0 Å². The monoisotopic (exact) mass is 342 g/mol. The standard InChI is InChI=1S/C17H12F2N4O2/c1-10-3-2-4-14(22-10)17(24)23-11-5-13(18)16(19)15(6-11)25-12-7-20-9-21-8-12/h2-9H,1H3,(H,23,24). The number of amides is 1. The summed E-state index contributed by atoms with van der Waals surface area (Å²) in [5.41, 5.74) is 0.841. The Bertz CT molecular complexity index is 920. The number of aryl methyl sites for hydroxylation is 1. The van der Waals surface area contributed by atoms with Gasteiger partial charge in [0.2, 0.25) is 5.82 Å². The molecule has 0 spiro atoms. The van der Waals surface area contributed by atoms with Gasteiger partial charge in [0.25, 0.3) is 5.91 Å². The summed E-state index contributed by atoms with van der Waals surface area (Å²) in [6.07, 6.45) is 3.87. The third kappa shape index (κ3) is 3.92. The molecular formula is C17H12F2N4O2. The topological polar surface area (TPSA) is 77.0 Å². The van der Waals surface area contributed by atoms with E-state index >= 15 is 0 Å². The first kappa shape index (κ1) is 16.4. The molecule has 2 heterocycles. The lowest BCUT2D eigenvalue weighted by Crippen LogP contribution is -2.14. The number of rotatable bonds is 4. The molecule has 1 amide bonds. The van der Waals surface area contributed by atoms with Crippen molar-refractivity contribution in [2.45, 2.75) is 6.92 Å². The number of nitrogens with one attached hydrogen (secondary N) is 1. The molecule has 8 heteroatoms. The molecule has 126 valence electrons. The Balaban J connectivity index is 1.86. The van der Waals surface area contributed by atoms with Crippen LogP contribution in [0.15, 0.2) is 49.1 Å². The van der Waals surface area contributed by atoms with Crippen LogP contribution in [0.2, 0.25) is 0 Å². The normalized spacial score (nSPS) is 10.4. The molecule has 3 rings (SSSR count). The molecule has 0 bridgehead atoms. The van der Waals surface area contributed by atoms with Crippen LogP contribution in [0.4, 0.5) is 14.5 Å². The maximum absolute atomic E-state index is 13.9. The Morgan fingerprint density at radius 2 is 1.92 bits per heavy atom. The van der Waals surface area contributed by atoms with Crippen LogP contribution < -0.4 is 10.1 Å². The summed E-state index contributed by atoms with van der Waals surface area (Å²) in [4.78, 5) is 23.7. The van der Waals surface area contributed by atoms with E-state index in [1.165, 1.54) is 30.9 Å². The number of aromatic nitrogens is 3. The summed E-state index contributed by atoms with van der Waals surface area (Å²) in [7, 11) is 0. The molecule has 0 saturated heterocycles. The van der Waals surface area contributed by atoms with E-state index in [9.17, 15) is 13.6 Å². The van der Waals surface area contributed by atoms with Gasteiger partial charge in [-0.05, 0) is 19.1 Å².